The molecule has 0 saturated carbocycles. The Labute approximate surface area is 101 Å². The minimum Gasteiger partial charge on any atom is -0.340 e. The first-order valence-electron chi connectivity index (χ1n) is 6.24. The van der Waals surface area contributed by atoms with Gasteiger partial charge in [0, 0.05) is 44.7 Å². The van der Waals surface area contributed by atoms with Crippen molar-refractivity contribution in [2.75, 3.05) is 13.6 Å². The van der Waals surface area contributed by atoms with Crippen molar-refractivity contribution in [2.45, 2.75) is 38.9 Å². The highest BCUT2D eigenvalue weighted by atomic mass is 16.2. The van der Waals surface area contributed by atoms with Crippen LogP contribution in [0.2, 0.25) is 0 Å². The van der Waals surface area contributed by atoms with Gasteiger partial charge in [-0.05, 0) is 13.3 Å². The van der Waals surface area contributed by atoms with Crippen LogP contribution in [-0.2, 0) is 19.5 Å². The zero-order valence-electron chi connectivity index (χ0n) is 10.4. The Balaban J connectivity index is 2.08. The summed E-state index contributed by atoms with van der Waals surface area (Å²) >= 11 is 0. The second kappa shape index (κ2) is 3.84. The van der Waals surface area contributed by atoms with Crippen molar-refractivity contribution in [1.29, 1.82) is 0 Å². The number of carbonyl (C=O) groups excluding carboxylic acids is 1. The maximum atomic E-state index is 12.3. The molecule has 0 saturated heterocycles. The maximum absolute atomic E-state index is 12.3. The number of hydrogen-bond donors (Lipinski definition) is 1. The van der Waals surface area contributed by atoms with E-state index in [0.717, 1.165) is 49.4 Å². The molecule has 0 aromatic carbocycles. The van der Waals surface area contributed by atoms with Gasteiger partial charge in [-0.3, -0.25) is 9.48 Å². The Kier molecular flexibility index (Phi) is 2.43. The highest BCUT2D eigenvalue weighted by Gasteiger charge is 2.30. The van der Waals surface area contributed by atoms with Crippen LogP contribution in [0.25, 0.3) is 0 Å². The highest BCUT2D eigenvalue weighted by molar-refractivity contribution is 5.94. The molecule has 0 unspecified atom stereocenters. The Morgan fingerprint density at radius 2 is 2.24 bits per heavy atom. The molecule has 1 N–H and O–H groups in total. The Bertz CT molecular complexity index is 465. The third-order valence-electron chi connectivity index (χ3n) is 3.67. The second-order valence-electron chi connectivity index (χ2n) is 5.06. The molecule has 2 aliphatic heterocycles. The van der Waals surface area contributed by atoms with E-state index in [1.807, 2.05) is 11.7 Å². The first-order valence-corrected chi connectivity index (χ1v) is 6.24. The lowest BCUT2D eigenvalue weighted by Crippen LogP contribution is -2.34. The SMILES string of the molecule is C[C@@H]1Cc2nn3c(c2CN1)C(=O)N(C)CCC3. The average molecular weight is 234 g/mol. The predicted octanol–water partition coefficient (Wildman–Crippen LogP) is 0.393. The van der Waals surface area contributed by atoms with E-state index < -0.39 is 0 Å². The summed E-state index contributed by atoms with van der Waals surface area (Å²) in [4.78, 5) is 14.1. The van der Waals surface area contributed by atoms with Crippen molar-refractivity contribution in [1.82, 2.24) is 20.0 Å². The molecule has 1 atom stereocenters. The number of carbonyl (C=O) groups is 1. The molecule has 2 aliphatic rings. The average Bonchev–Trinajstić information content (AvgIpc) is 2.58. The number of aromatic nitrogens is 2. The molecule has 5 nitrogen and oxygen atoms in total. The topological polar surface area (TPSA) is 50.2 Å². The largest absolute Gasteiger partial charge is 0.340 e. The first-order chi connectivity index (χ1) is 8.16. The van der Waals surface area contributed by atoms with Crippen molar-refractivity contribution >= 4 is 5.91 Å². The van der Waals surface area contributed by atoms with Crippen LogP contribution in [0.15, 0.2) is 0 Å². The summed E-state index contributed by atoms with van der Waals surface area (Å²) in [6.07, 6.45) is 1.91. The van der Waals surface area contributed by atoms with Gasteiger partial charge in [-0.2, -0.15) is 5.10 Å². The summed E-state index contributed by atoms with van der Waals surface area (Å²) < 4.78 is 1.91. The van der Waals surface area contributed by atoms with E-state index >= 15 is 0 Å². The summed E-state index contributed by atoms with van der Waals surface area (Å²) in [7, 11) is 1.87. The van der Waals surface area contributed by atoms with Gasteiger partial charge < -0.3 is 10.2 Å². The molecule has 1 aromatic rings. The molecule has 5 heteroatoms. The molecule has 0 fully saturated rings. The summed E-state index contributed by atoms with van der Waals surface area (Å²) in [5, 5.41) is 8.02. The van der Waals surface area contributed by atoms with Crippen molar-refractivity contribution < 1.29 is 4.79 Å². The van der Waals surface area contributed by atoms with Crippen LogP contribution in [0.4, 0.5) is 0 Å². The van der Waals surface area contributed by atoms with Gasteiger partial charge in [-0.15, -0.1) is 0 Å². The van der Waals surface area contributed by atoms with Crippen molar-refractivity contribution in [2.24, 2.45) is 0 Å². The lowest BCUT2D eigenvalue weighted by molar-refractivity contribution is 0.0795. The molecule has 92 valence electrons. The number of aryl methyl sites for hydroxylation is 1. The molecule has 17 heavy (non-hydrogen) atoms. The van der Waals surface area contributed by atoms with Crippen molar-refractivity contribution in [3.63, 3.8) is 0 Å². The number of rotatable bonds is 0. The smallest absolute Gasteiger partial charge is 0.272 e. The van der Waals surface area contributed by atoms with Gasteiger partial charge in [0.05, 0.1) is 5.69 Å². The molecule has 0 aliphatic carbocycles. The van der Waals surface area contributed by atoms with E-state index in [1.54, 1.807) is 4.90 Å². The quantitative estimate of drug-likeness (QED) is 0.706. The molecule has 0 radical (unpaired) electrons. The van der Waals surface area contributed by atoms with Crippen LogP contribution >= 0.6 is 0 Å². The summed E-state index contributed by atoms with van der Waals surface area (Å²) in [6.45, 7) is 4.60. The van der Waals surface area contributed by atoms with Crippen LogP contribution in [-0.4, -0.2) is 40.2 Å². The van der Waals surface area contributed by atoms with E-state index in [-0.39, 0.29) is 5.91 Å². The Morgan fingerprint density at radius 3 is 3.06 bits per heavy atom. The van der Waals surface area contributed by atoms with Gasteiger partial charge in [0.25, 0.3) is 5.91 Å². The second-order valence-corrected chi connectivity index (χ2v) is 5.06. The molecule has 1 amide bonds. The maximum Gasteiger partial charge on any atom is 0.272 e. The summed E-state index contributed by atoms with van der Waals surface area (Å²) in [5.74, 6) is 0.118. The van der Waals surface area contributed by atoms with Crippen molar-refractivity contribution in [3.05, 3.63) is 17.0 Å². The van der Waals surface area contributed by atoms with Crippen molar-refractivity contribution in [3.8, 4) is 0 Å². The molecule has 0 bridgehead atoms. The molecule has 3 heterocycles. The van der Waals surface area contributed by atoms with E-state index in [0.29, 0.717) is 6.04 Å². The van der Waals surface area contributed by atoms with Crippen LogP contribution in [0.3, 0.4) is 0 Å². The fourth-order valence-electron chi connectivity index (χ4n) is 2.68. The minimum absolute atomic E-state index is 0.118. The lowest BCUT2D eigenvalue weighted by Gasteiger charge is -2.20. The van der Waals surface area contributed by atoms with Crippen LogP contribution in [0.5, 0.6) is 0 Å². The Hall–Kier alpha value is -1.36. The lowest BCUT2D eigenvalue weighted by atomic mass is 10.0. The summed E-state index contributed by atoms with van der Waals surface area (Å²) in [5.41, 5.74) is 3.02. The first kappa shape index (κ1) is 10.8. The predicted molar refractivity (Wildman–Crippen MR) is 63.8 cm³/mol. The summed E-state index contributed by atoms with van der Waals surface area (Å²) in [6, 6.07) is 0.453. The third-order valence-corrected chi connectivity index (χ3v) is 3.67. The van der Waals surface area contributed by atoms with Gasteiger partial charge in [0.1, 0.15) is 5.69 Å². The van der Waals surface area contributed by atoms with Gasteiger partial charge in [-0.1, -0.05) is 0 Å². The fraction of sp³-hybridized carbons (Fsp3) is 0.667. The zero-order valence-corrected chi connectivity index (χ0v) is 10.4. The molecular weight excluding hydrogens is 216 g/mol. The monoisotopic (exact) mass is 234 g/mol. The van der Waals surface area contributed by atoms with Crippen LogP contribution < -0.4 is 5.32 Å². The molecular formula is C12H18N4O. The zero-order chi connectivity index (χ0) is 12.0. The number of amides is 1. The van der Waals surface area contributed by atoms with E-state index in [4.69, 9.17) is 0 Å². The fourth-order valence-corrected chi connectivity index (χ4v) is 2.68. The molecule has 0 spiro atoms. The normalized spacial score (nSPS) is 24.2. The van der Waals surface area contributed by atoms with Crippen LogP contribution in [0, 0.1) is 0 Å². The van der Waals surface area contributed by atoms with Crippen LogP contribution in [0.1, 0.15) is 35.1 Å². The van der Waals surface area contributed by atoms with Gasteiger partial charge in [0.2, 0.25) is 0 Å². The molecule has 1 aromatic heterocycles. The highest BCUT2D eigenvalue weighted by Crippen LogP contribution is 2.23. The third kappa shape index (κ3) is 1.65. The van der Waals surface area contributed by atoms with E-state index in [9.17, 15) is 4.79 Å². The standard InChI is InChI=1S/C12H18N4O/c1-8-6-10-9(7-13-8)11-12(17)15(2)4-3-5-16(11)14-10/h8,13H,3-7H2,1-2H3/t8-/m1/s1. The van der Waals surface area contributed by atoms with Gasteiger partial charge in [-0.25, -0.2) is 0 Å². The van der Waals surface area contributed by atoms with Gasteiger partial charge in [0.15, 0.2) is 0 Å². The van der Waals surface area contributed by atoms with E-state index in [1.165, 1.54) is 0 Å². The number of fused-ring (bicyclic) bond motifs is 3. The number of hydrogen-bond acceptors (Lipinski definition) is 3. The molecule has 3 rings (SSSR count). The van der Waals surface area contributed by atoms with Gasteiger partial charge >= 0.3 is 0 Å². The minimum atomic E-state index is 0.118. The number of nitrogens with zero attached hydrogens (tertiary/aromatic N) is 3. The Morgan fingerprint density at radius 1 is 1.41 bits per heavy atom. The van der Waals surface area contributed by atoms with E-state index in [2.05, 4.69) is 17.3 Å². The number of nitrogens with one attached hydrogen (secondary N) is 1.